The fourth-order valence-electron chi connectivity index (χ4n) is 4.64. The van der Waals surface area contributed by atoms with E-state index in [0.29, 0.717) is 48.4 Å². The van der Waals surface area contributed by atoms with E-state index in [1.54, 1.807) is 33.9 Å². The second-order valence-corrected chi connectivity index (χ2v) is 9.51. The quantitative estimate of drug-likeness (QED) is 0.261. The van der Waals surface area contributed by atoms with Gasteiger partial charge >= 0.3 is 6.03 Å². The Labute approximate surface area is 227 Å². The van der Waals surface area contributed by atoms with Gasteiger partial charge in [-0.2, -0.15) is 0 Å². The highest BCUT2D eigenvalue weighted by Crippen LogP contribution is 2.34. The molecule has 0 spiro atoms. The van der Waals surface area contributed by atoms with Crippen molar-refractivity contribution < 1.29 is 23.9 Å². The maximum Gasteiger partial charge on any atom is 0.324 e. The van der Waals surface area contributed by atoms with E-state index < -0.39 is 0 Å². The highest BCUT2D eigenvalue weighted by Gasteiger charge is 2.28. The summed E-state index contributed by atoms with van der Waals surface area (Å²) in [6.45, 7) is 4.33. The number of benzene rings is 1. The topological polar surface area (TPSA) is 98.2 Å². The number of rotatable bonds is 12. The number of anilines is 1. The fourth-order valence-corrected chi connectivity index (χ4v) is 4.96. The fraction of sp³-hybridized carbons (Fsp3) is 0.444. The van der Waals surface area contributed by atoms with E-state index >= 15 is 0 Å². The highest BCUT2D eigenvalue weighted by molar-refractivity contribution is 6.35. The van der Waals surface area contributed by atoms with Crippen molar-refractivity contribution in [3.63, 3.8) is 0 Å². The second kappa shape index (κ2) is 12.8. The summed E-state index contributed by atoms with van der Waals surface area (Å²) in [5.41, 5.74) is 4.49. The van der Waals surface area contributed by atoms with Gasteiger partial charge in [0.25, 0.3) is 5.91 Å². The summed E-state index contributed by atoms with van der Waals surface area (Å²) in [7, 11) is 2.99. The van der Waals surface area contributed by atoms with E-state index in [2.05, 4.69) is 17.4 Å². The number of hydrogen-bond acceptors (Lipinski definition) is 6. The molecule has 0 unspecified atom stereocenters. The molecule has 1 fully saturated rings. The van der Waals surface area contributed by atoms with E-state index in [9.17, 15) is 9.59 Å². The molecular weight excluding hydrogens is 510 g/mol. The van der Waals surface area contributed by atoms with Crippen LogP contribution in [0, 0.1) is 0 Å². The van der Waals surface area contributed by atoms with Gasteiger partial charge in [-0.15, -0.1) is 0 Å². The Morgan fingerprint density at radius 3 is 2.76 bits per heavy atom. The minimum Gasteiger partial charge on any atom is -0.493 e. The first-order chi connectivity index (χ1) is 18.5. The van der Waals surface area contributed by atoms with Gasteiger partial charge in [0.15, 0.2) is 11.5 Å². The number of urea groups is 1. The molecule has 0 saturated carbocycles. The molecule has 204 valence electrons. The molecule has 2 aromatic heterocycles. The van der Waals surface area contributed by atoms with Gasteiger partial charge in [-0.3, -0.25) is 14.5 Å². The van der Waals surface area contributed by atoms with E-state index in [0.717, 1.165) is 42.3 Å². The van der Waals surface area contributed by atoms with Gasteiger partial charge in [0.1, 0.15) is 12.2 Å². The lowest BCUT2D eigenvalue weighted by Gasteiger charge is -2.36. The van der Waals surface area contributed by atoms with Gasteiger partial charge in [-0.1, -0.05) is 31.4 Å². The molecule has 38 heavy (non-hydrogen) atoms. The van der Waals surface area contributed by atoms with Gasteiger partial charge in [-0.05, 0) is 36.6 Å². The van der Waals surface area contributed by atoms with Crippen molar-refractivity contribution in [1.82, 2.24) is 19.9 Å². The Bertz CT molecular complexity index is 1280. The molecule has 0 atom stereocenters. The predicted molar refractivity (Wildman–Crippen MR) is 146 cm³/mol. The van der Waals surface area contributed by atoms with Gasteiger partial charge < -0.3 is 18.9 Å². The molecule has 1 saturated heterocycles. The van der Waals surface area contributed by atoms with Crippen molar-refractivity contribution in [2.24, 2.45) is 0 Å². The lowest BCUT2D eigenvalue weighted by Crippen LogP contribution is -2.49. The van der Waals surface area contributed by atoms with Crippen LogP contribution in [0.1, 0.15) is 38.2 Å². The predicted octanol–water partition coefficient (Wildman–Crippen LogP) is 4.78. The third-order valence-corrected chi connectivity index (χ3v) is 6.75. The number of carbonyl (C=O) groups excluding carboxylic acids is 2. The molecule has 3 aromatic rings. The number of fused-ring (bicyclic) bond motifs is 1. The number of aromatic nitrogens is 2. The number of hydrogen-bond donors (Lipinski definition) is 1. The third-order valence-electron chi connectivity index (χ3n) is 6.46. The summed E-state index contributed by atoms with van der Waals surface area (Å²) in [5, 5.41) is 1.19. The van der Waals surface area contributed by atoms with Gasteiger partial charge in [0, 0.05) is 49.2 Å². The van der Waals surface area contributed by atoms with Crippen LogP contribution in [0.25, 0.3) is 11.0 Å². The first-order valence-electron chi connectivity index (χ1n) is 12.8. The Kier molecular flexibility index (Phi) is 9.30. The van der Waals surface area contributed by atoms with E-state index in [-0.39, 0.29) is 18.5 Å². The van der Waals surface area contributed by atoms with Crippen LogP contribution >= 0.6 is 11.6 Å². The average molecular weight is 544 g/mol. The minimum atomic E-state index is -0.330. The van der Waals surface area contributed by atoms with Crippen molar-refractivity contribution in [2.75, 3.05) is 38.8 Å². The number of nitrogens with zero attached hydrogens (tertiary/aromatic N) is 4. The maximum absolute atomic E-state index is 13.6. The third kappa shape index (κ3) is 6.14. The summed E-state index contributed by atoms with van der Waals surface area (Å²) in [6.07, 6.45) is 7.31. The van der Waals surface area contributed by atoms with Crippen LogP contribution in [-0.4, -0.2) is 60.3 Å². The van der Waals surface area contributed by atoms with Crippen LogP contribution in [0.4, 0.5) is 10.5 Å². The van der Waals surface area contributed by atoms with E-state index in [1.807, 2.05) is 24.3 Å². The number of methoxy groups -OCH3 is 1. The monoisotopic (exact) mass is 543 g/mol. The Balaban J connectivity index is 1.54. The van der Waals surface area contributed by atoms with Crippen LogP contribution < -0.4 is 19.9 Å². The van der Waals surface area contributed by atoms with E-state index in [4.69, 9.17) is 25.9 Å². The molecule has 0 aliphatic carbocycles. The first kappa shape index (κ1) is 27.5. The minimum absolute atomic E-state index is 0.00422. The standard InChI is InChI=1S/C27H34ClN5O5/c1-4-5-6-14-38-23-15-20(8-9-22(23)36-2)33-13-7-12-31(27(33)35)16-19-10-11-29-26-25(19)21(28)17-32(26)18-24(34)30-37-3/h8-11,15,17H,4-7,12-14,16,18H2,1-3H3,(H,30,34). The molecule has 1 N–H and O–H groups in total. The average Bonchev–Trinajstić information content (AvgIpc) is 3.23. The maximum atomic E-state index is 13.6. The van der Waals surface area contributed by atoms with Crippen molar-refractivity contribution in [1.29, 1.82) is 0 Å². The number of carbonyl (C=O) groups is 2. The van der Waals surface area contributed by atoms with Gasteiger partial charge in [-0.25, -0.2) is 15.3 Å². The van der Waals surface area contributed by atoms with Crippen LogP contribution in [0.5, 0.6) is 11.5 Å². The van der Waals surface area contributed by atoms with E-state index in [1.165, 1.54) is 7.11 Å². The van der Waals surface area contributed by atoms with Crippen LogP contribution in [0.15, 0.2) is 36.7 Å². The Hall–Kier alpha value is -3.50. The lowest BCUT2D eigenvalue weighted by atomic mass is 10.1. The van der Waals surface area contributed by atoms with Crippen LogP contribution in [0.2, 0.25) is 5.02 Å². The molecule has 10 nitrogen and oxygen atoms in total. The summed E-state index contributed by atoms with van der Waals surface area (Å²) in [4.78, 5) is 38.3. The van der Waals surface area contributed by atoms with Crippen molar-refractivity contribution >= 4 is 40.3 Å². The van der Waals surface area contributed by atoms with Crippen LogP contribution in [-0.2, 0) is 22.7 Å². The molecule has 3 heterocycles. The summed E-state index contributed by atoms with van der Waals surface area (Å²) < 4.78 is 13.1. The molecule has 0 radical (unpaired) electrons. The lowest BCUT2D eigenvalue weighted by molar-refractivity contribution is -0.131. The molecule has 1 aliphatic heterocycles. The number of amides is 3. The normalized spacial score (nSPS) is 13.7. The van der Waals surface area contributed by atoms with Crippen LogP contribution in [0.3, 0.4) is 0 Å². The SMILES string of the molecule is CCCCCOc1cc(N2CCCN(Cc3ccnc4c3c(Cl)cn4CC(=O)NOC)C2=O)ccc1OC. The van der Waals surface area contributed by atoms with Crippen molar-refractivity contribution in [3.05, 3.63) is 47.2 Å². The second-order valence-electron chi connectivity index (χ2n) is 9.10. The molecular formula is C27H34ClN5O5. The summed E-state index contributed by atoms with van der Waals surface area (Å²) in [6, 6.07) is 7.35. The highest BCUT2D eigenvalue weighted by atomic mass is 35.5. The summed E-state index contributed by atoms with van der Waals surface area (Å²) in [5.74, 6) is 0.944. The molecule has 3 amide bonds. The zero-order valence-corrected chi connectivity index (χ0v) is 22.8. The number of unbranched alkanes of at least 4 members (excludes halogenated alkanes) is 2. The molecule has 11 heteroatoms. The first-order valence-corrected chi connectivity index (χ1v) is 13.2. The zero-order valence-electron chi connectivity index (χ0n) is 22.0. The van der Waals surface area contributed by atoms with Crippen molar-refractivity contribution in [3.8, 4) is 11.5 Å². The zero-order chi connectivity index (χ0) is 27.1. The number of ether oxygens (including phenoxy) is 2. The number of halogens is 1. The summed E-state index contributed by atoms with van der Waals surface area (Å²) >= 11 is 6.57. The molecule has 1 aromatic carbocycles. The Morgan fingerprint density at radius 1 is 1.16 bits per heavy atom. The number of pyridine rings is 1. The number of nitrogens with one attached hydrogen (secondary N) is 1. The van der Waals surface area contributed by atoms with Crippen molar-refractivity contribution in [2.45, 2.75) is 45.7 Å². The smallest absolute Gasteiger partial charge is 0.324 e. The molecule has 4 rings (SSSR count). The van der Waals surface area contributed by atoms with Gasteiger partial charge in [0.05, 0.1) is 25.8 Å². The Morgan fingerprint density at radius 2 is 2.00 bits per heavy atom. The van der Waals surface area contributed by atoms with Gasteiger partial charge in [0.2, 0.25) is 0 Å². The molecule has 0 bridgehead atoms. The molecule has 1 aliphatic rings. The number of hydroxylamine groups is 1. The largest absolute Gasteiger partial charge is 0.493 e.